The van der Waals surface area contributed by atoms with Gasteiger partial charge in [-0.05, 0) is 44.0 Å². The van der Waals surface area contributed by atoms with Gasteiger partial charge < -0.3 is 9.52 Å². The molecule has 1 aliphatic heterocycles. The number of benzene rings is 2. The Hall–Kier alpha value is -2.59. The van der Waals surface area contributed by atoms with E-state index in [1.54, 1.807) is 12.1 Å². The predicted octanol–water partition coefficient (Wildman–Crippen LogP) is 4.54. The van der Waals surface area contributed by atoms with E-state index in [0.717, 1.165) is 24.9 Å². The summed E-state index contributed by atoms with van der Waals surface area (Å²) in [4.78, 5) is 15.3. The molecule has 0 amide bonds. The highest BCUT2D eigenvalue weighted by Gasteiger charge is 2.22. The minimum absolute atomic E-state index is 0.0645. The van der Waals surface area contributed by atoms with Crippen molar-refractivity contribution in [3.63, 3.8) is 0 Å². The van der Waals surface area contributed by atoms with Gasteiger partial charge in [0.15, 0.2) is 0 Å². The van der Waals surface area contributed by atoms with Crippen molar-refractivity contribution in [3.05, 3.63) is 64.5 Å². The summed E-state index contributed by atoms with van der Waals surface area (Å²) in [5.74, 6) is 0.186. The minimum Gasteiger partial charge on any atom is -0.507 e. The van der Waals surface area contributed by atoms with Crippen LogP contribution in [-0.2, 0) is 6.54 Å². The summed E-state index contributed by atoms with van der Waals surface area (Å²) in [6.07, 6.45) is 5.09. The predicted molar refractivity (Wildman–Crippen MR) is 103 cm³/mol. The molecule has 0 bridgehead atoms. The van der Waals surface area contributed by atoms with Crippen LogP contribution in [0.15, 0.2) is 57.9 Å². The van der Waals surface area contributed by atoms with Crippen molar-refractivity contribution in [1.82, 2.24) is 4.90 Å². The van der Waals surface area contributed by atoms with E-state index in [4.69, 9.17) is 4.42 Å². The monoisotopic (exact) mass is 349 g/mol. The molecule has 26 heavy (non-hydrogen) atoms. The quantitative estimate of drug-likeness (QED) is 0.754. The Morgan fingerprint density at radius 1 is 1.15 bits per heavy atom. The van der Waals surface area contributed by atoms with Gasteiger partial charge in [0.1, 0.15) is 17.6 Å². The van der Waals surface area contributed by atoms with Crippen LogP contribution in [0.25, 0.3) is 22.1 Å². The number of phenolic OH excluding ortho intramolecular Hbond substituents is 1. The maximum atomic E-state index is 13.0. The normalized spacial score (nSPS) is 18.3. The lowest BCUT2D eigenvalue weighted by Gasteiger charge is -2.33. The van der Waals surface area contributed by atoms with Crippen molar-refractivity contribution in [2.75, 3.05) is 6.54 Å². The number of nitrogens with zero attached hydrogens (tertiary/aromatic N) is 1. The van der Waals surface area contributed by atoms with Gasteiger partial charge in [0.25, 0.3) is 0 Å². The number of phenols is 1. The van der Waals surface area contributed by atoms with Gasteiger partial charge in [0.05, 0.1) is 16.5 Å². The summed E-state index contributed by atoms with van der Waals surface area (Å²) in [7, 11) is 0. The zero-order valence-corrected chi connectivity index (χ0v) is 14.9. The van der Waals surface area contributed by atoms with E-state index in [9.17, 15) is 9.90 Å². The van der Waals surface area contributed by atoms with Gasteiger partial charge >= 0.3 is 0 Å². The van der Waals surface area contributed by atoms with Gasteiger partial charge in [0, 0.05) is 12.6 Å². The Labute approximate surface area is 152 Å². The molecule has 0 aliphatic carbocycles. The van der Waals surface area contributed by atoms with E-state index in [0.29, 0.717) is 34.7 Å². The van der Waals surface area contributed by atoms with Gasteiger partial charge in [-0.3, -0.25) is 9.69 Å². The molecule has 4 rings (SSSR count). The largest absolute Gasteiger partial charge is 0.507 e. The summed E-state index contributed by atoms with van der Waals surface area (Å²) >= 11 is 0. The molecule has 1 atom stereocenters. The van der Waals surface area contributed by atoms with Crippen LogP contribution >= 0.6 is 0 Å². The van der Waals surface area contributed by atoms with Crippen LogP contribution < -0.4 is 5.43 Å². The number of rotatable bonds is 3. The van der Waals surface area contributed by atoms with Crippen LogP contribution in [0.3, 0.4) is 0 Å². The zero-order chi connectivity index (χ0) is 18.1. The first-order chi connectivity index (χ1) is 12.6. The van der Waals surface area contributed by atoms with E-state index in [1.807, 2.05) is 30.3 Å². The SMILES string of the molecule is C[C@@H]1CCCCN1Cc1c(O)ccc2c(=O)c(-c3ccccc3)coc12. The van der Waals surface area contributed by atoms with Gasteiger partial charge in [-0.2, -0.15) is 0 Å². The van der Waals surface area contributed by atoms with Crippen LogP contribution in [0.4, 0.5) is 0 Å². The van der Waals surface area contributed by atoms with E-state index in [1.165, 1.54) is 12.7 Å². The Bertz CT molecular complexity index is 978. The molecule has 1 aliphatic rings. The van der Waals surface area contributed by atoms with Gasteiger partial charge in [0.2, 0.25) is 5.43 Å². The molecule has 0 spiro atoms. The molecule has 1 aromatic heterocycles. The summed E-state index contributed by atoms with van der Waals surface area (Å²) in [5, 5.41) is 10.9. The topological polar surface area (TPSA) is 53.7 Å². The Balaban J connectivity index is 1.80. The smallest absolute Gasteiger partial charge is 0.200 e. The Morgan fingerprint density at radius 3 is 2.73 bits per heavy atom. The molecule has 4 heteroatoms. The molecular weight excluding hydrogens is 326 g/mol. The summed E-state index contributed by atoms with van der Waals surface area (Å²) in [6, 6.07) is 13.3. The first-order valence-corrected chi connectivity index (χ1v) is 9.21. The first kappa shape index (κ1) is 16.9. The lowest BCUT2D eigenvalue weighted by molar-refractivity contribution is 0.151. The third-order valence-corrected chi connectivity index (χ3v) is 5.41. The maximum absolute atomic E-state index is 13.0. The molecule has 1 saturated heterocycles. The molecule has 0 saturated carbocycles. The second-order valence-electron chi connectivity index (χ2n) is 7.10. The van der Waals surface area contributed by atoms with Crippen molar-refractivity contribution >= 4 is 11.0 Å². The Morgan fingerprint density at radius 2 is 1.96 bits per heavy atom. The summed E-state index contributed by atoms with van der Waals surface area (Å²) in [6.45, 7) is 3.81. The molecular formula is C22H23NO3. The minimum atomic E-state index is -0.0645. The van der Waals surface area contributed by atoms with Crippen LogP contribution in [0.2, 0.25) is 0 Å². The second kappa shape index (κ2) is 6.96. The average molecular weight is 349 g/mol. The van der Waals surface area contributed by atoms with Crippen molar-refractivity contribution in [1.29, 1.82) is 0 Å². The number of hydrogen-bond acceptors (Lipinski definition) is 4. The van der Waals surface area contributed by atoms with Gasteiger partial charge in [-0.1, -0.05) is 36.8 Å². The third kappa shape index (κ3) is 3.01. The molecule has 3 aromatic rings. The molecule has 0 unspecified atom stereocenters. The Kier molecular flexibility index (Phi) is 4.51. The summed E-state index contributed by atoms with van der Waals surface area (Å²) in [5.41, 5.74) is 2.51. The van der Waals surface area contributed by atoms with Crippen LogP contribution in [0.5, 0.6) is 5.75 Å². The van der Waals surface area contributed by atoms with Crippen molar-refractivity contribution in [3.8, 4) is 16.9 Å². The van der Waals surface area contributed by atoms with E-state index >= 15 is 0 Å². The highest BCUT2D eigenvalue weighted by molar-refractivity contribution is 5.85. The fourth-order valence-corrected chi connectivity index (χ4v) is 3.81. The third-order valence-electron chi connectivity index (χ3n) is 5.41. The standard InChI is InChI=1S/C22H23NO3/c1-15-7-5-6-12-23(15)13-18-20(24)11-10-17-21(25)19(14-26-22(17)18)16-8-3-2-4-9-16/h2-4,8-11,14-15,24H,5-7,12-13H2,1H3/t15-/m1/s1. The number of aromatic hydroxyl groups is 1. The zero-order valence-electron chi connectivity index (χ0n) is 14.9. The van der Waals surface area contributed by atoms with E-state index in [-0.39, 0.29) is 11.2 Å². The van der Waals surface area contributed by atoms with Crippen molar-refractivity contribution in [2.24, 2.45) is 0 Å². The number of likely N-dealkylation sites (tertiary alicyclic amines) is 1. The van der Waals surface area contributed by atoms with Crippen LogP contribution in [0, 0.1) is 0 Å². The van der Waals surface area contributed by atoms with Gasteiger partial charge in [-0.25, -0.2) is 0 Å². The van der Waals surface area contributed by atoms with Crippen LogP contribution in [0.1, 0.15) is 31.7 Å². The van der Waals surface area contributed by atoms with Crippen LogP contribution in [-0.4, -0.2) is 22.6 Å². The number of piperidine rings is 1. The fraction of sp³-hybridized carbons (Fsp3) is 0.318. The molecule has 134 valence electrons. The number of fused-ring (bicyclic) bond motifs is 1. The highest BCUT2D eigenvalue weighted by atomic mass is 16.3. The lowest BCUT2D eigenvalue weighted by Crippen LogP contribution is -2.36. The van der Waals surface area contributed by atoms with Crippen molar-refractivity contribution < 1.29 is 9.52 Å². The molecule has 2 aromatic carbocycles. The van der Waals surface area contributed by atoms with E-state index < -0.39 is 0 Å². The maximum Gasteiger partial charge on any atom is 0.200 e. The van der Waals surface area contributed by atoms with E-state index in [2.05, 4.69) is 11.8 Å². The summed E-state index contributed by atoms with van der Waals surface area (Å²) < 4.78 is 5.88. The fourth-order valence-electron chi connectivity index (χ4n) is 3.81. The second-order valence-corrected chi connectivity index (χ2v) is 7.10. The molecule has 0 radical (unpaired) electrons. The lowest BCUT2D eigenvalue weighted by atomic mass is 10.0. The molecule has 4 nitrogen and oxygen atoms in total. The highest BCUT2D eigenvalue weighted by Crippen LogP contribution is 2.30. The first-order valence-electron chi connectivity index (χ1n) is 9.21. The molecule has 1 fully saturated rings. The molecule has 1 N–H and O–H groups in total. The average Bonchev–Trinajstić information content (AvgIpc) is 2.66. The van der Waals surface area contributed by atoms with Gasteiger partial charge in [-0.15, -0.1) is 0 Å². The molecule has 2 heterocycles. The number of hydrogen-bond donors (Lipinski definition) is 1. The van der Waals surface area contributed by atoms with Crippen molar-refractivity contribution in [2.45, 2.75) is 38.8 Å².